The molecule has 1 atom stereocenters. The molecule has 1 N–H and O–H groups in total. The molecule has 0 bridgehead atoms. The first kappa shape index (κ1) is 11.0. The van der Waals surface area contributed by atoms with Gasteiger partial charge in [-0.25, -0.2) is 0 Å². The van der Waals surface area contributed by atoms with Crippen molar-refractivity contribution in [2.75, 3.05) is 5.32 Å². The lowest BCUT2D eigenvalue weighted by atomic mass is 10.1. The Bertz CT molecular complexity index is 456. The van der Waals surface area contributed by atoms with Crippen LogP contribution in [0.4, 0.5) is 5.69 Å². The minimum Gasteiger partial charge on any atom is -0.378 e. The van der Waals surface area contributed by atoms with Gasteiger partial charge in [-0.2, -0.15) is 0 Å². The van der Waals surface area contributed by atoms with Crippen LogP contribution < -0.4 is 5.32 Å². The zero-order valence-electron chi connectivity index (χ0n) is 9.02. The van der Waals surface area contributed by atoms with Gasteiger partial charge in [0.15, 0.2) is 0 Å². The number of pyridine rings is 1. The third-order valence-corrected chi connectivity index (χ3v) is 2.65. The molecule has 1 unspecified atom stereocenters. The van der Waals surface area contributed by atoms with Crippen molar-refractivity contribution in [1.29, 1.82) is 0 Å². The van der Waals surface area contributed by atoms with Gasteiger partial charge in [-0.15, -0.1) is 0 Å². The van der Waals surface area contributed by atoms with E-state index in [9.17, 15) is 0 Å². The van der Waals surface area contributed by atoms with Gasteiger partial charge in [0.05, 0.1) is 0 Å². The van der Waals surface area contributed by atoms with Gasteiger partial charge < -0.3 is 5.32 Å². The lowest BCUT2D eigenvalue weighted by Crippen LogP contribution is -2.06. The van der Waals surface area contributed by atoms with E-state index in [1.54, 1.807) is 12.4 Å². The first-order valence-electron chi connectivity index (χ1n) is 5.18. The van der Waals surface area contributed by atoms with Crippen molar-refractivity contribution in [3.05, 3.63) is 59.4 Å². The van der Waals surface area contributed by atoms with Gasteiger partial charge in [-0.1, -0.05) is 17.7 Å². The number of hydrogen-bond acceptors (Lipinski definition) is 2. The lowest BCUT2D eigenvalue weighted by Gasteiger charge is -2.15. The molecule has 2 rings (SSSR count). The topological polar surface area (TPSA) is 24.9 Å². The normalized spacial score (nSPS) is 12.1. The fourth-order valence-corrected chi connectivity index (χ4v) is 1.75. The maximum absolute atomic E-state index is 5.92. The number of rotatable bonds is 3. The molecule has 0 saturated heterocycles. The Balaban J connectivity index is 2.11. The molecule has 1 aromatic heterocycles. The molecule has 0 radical (unpaired) electrons. The molecule has 3 heteroatoms. The van der Waals surface area contributed by atoms with Crippen LogP contribution in [0.2, 0.25) is 5.02 Å². The van der Waals surface area contributed by atoms with E-state index in [1.165, 1.54) is 5.56 Å². The summed E-state index contributed by atoms with van der Waals surface area (Å²) in [6.07, 6.45) is 3.59. The third kappa shape index (κ3) is 2.74. The van der Waals surface area contributed by atoms with Gasteiger partial charge in [0.2, 0.25) is 0 Å². The van der Waals surface area contributed by atoms with E-state index < -0.39 is 0 Å². The molecule has 2 nitrogen and oxygen atoms in total. The highest BCUT2D eigenvalue weighted by molar-refractivity contribution is 6.30. The molecule has 0 aliphatic carbocycles. The van der Waals surface area contributed by atoms with Gasteiger partial charge in [-0.3, -0.25) is 4.98 Å². The van der Waals surface area contributed by atoms with Crippen molar-refractivity contribution in [1.82, 2.24) is 4.98 Å². The minimum atomic E-state index is 0.237. The molecule has 0 aliphatic rings. The standard InChI is InChI=1S/C13H13ClN2/c1-10(11-5-7-15-8-6-11)16-13-4-2-3-12(14)9-13/h2-10,16H,1H3. The van der Waals surface area contributed by atoms with Crippen molar-refractivity contribution in [3.8, 4) is 0 Å². The Morgan fingerprint density at radius 3 is 2.62 bits per heavy atom. The Morgan fingerprint density at radius 1 is 1.19 bits per heavy atom. The minimum absolute atomic E-state index is 0.237. The SMILES string of the molecule is CC(Nc1cccc(Cl)c1)c1ccncc1. The Hall–Kier alpha value is -1.54. The average molecular weight is 233 g/mol. The van der Waals surface area contributed by atoms with Crippen molar-refractivity contribution < 1.29 is 0 Å². The van der Waals surface area contributed by atoms with Crippen molar-refractivity contribution >= 4 is 17.3 Å². The number of hydrogen-bond donors (Lipinski definition) is 1. The summed E-state index contributed by atoms with van der Waals surface area (Å²) in [5.74, 6) is 0. The van der Waals surface area contributed by atoms with Crippen LogP contribution in [-0.2, 0) is 0 Å². The number of anilines is 1. The van der Waals surface area contributed by atoms with Gasteiger partial charge >= 0.3 is 0 Å². The molecular weight excluding hydrogens is 220 g/mol. The van der Waals surface area contributed by atoms with Gasteiger partial charge in [-0.05, 0) is 42.8 Å². The van der Waals surface area contributed by atoms with Crippen molar-refractivity contribution in [2.24, 2.45) is 0 Å². The fraction of sp³-hybridized carbons (Fsp3) is 0.154. The molecule has 0 fully saturated rings. The monoisotopic (exact) mass is 232 g/mol. The molecule has 82 valence electrons. The maximum Gasteiger partial charge on any atom is 0.0486 e. The van der Waals surface area contributed by atoms with Crippen LogP contribution in [0.5, 0.6) is 0 Å². The molecule has 0 amide bonds. The predicted octanol–water partition coefficient (Wildman–Crippen LogP) is 3.91. The first-order chi connectivity index (χ1) is 7.75. The second kappa shape index (κ2) is 4.99. The summed E-state index contributed by atoms with van der Waals surface area (Å²) in [5.41, 5.74) is 2.23. The van der Waals surface area contributed by atoms with Crippen LogP contribution in [-0.4, -0.2) is 4.98 Å². The number of nitrogens with one attached hydrogen (secondary N) is 1. The summed E-state index contributed by atoms with van der Waals surface area (Å²) in [6.45, 7) is 2.11. The molecule has 1 heterocycles. The molecule has 0 aliphatic heterocycles. The van der Waals surface area contributed by atoms with Crippen LogP contribution in [0, 0.1) is 0 Å². The summed E-state index contributed by atoms with van der Waals surface area (Å²) in [7, 11) is 0. The highest BCUT2D eigenvalue weighted by Crippen LogP contribution is 2.21. The summed E-state index contributed by atoms with van der Waals surface area (Å²) < 4.78 is 0. The Kier molecular flexibility index (Phi) is 3.42. The number of halogens is 1. The number of aromatic nitrogens is 1. The molecule has 2 aromatic rings. The first-order valence-corrected chi connectivity index (χ1v) is 5.55. The highest BCUT2D eigenvalue weighted by atomic mass is 35.5. The van der Waals surface area contributed by atoms with E-state index in [1.807, 2.05) is 36.4 Å². The maximum atomic E-state index is 5.92. The smallest absolute Gasteiger partial charge is 0.0486 e. The fourth-order valence-electron chi connectivity index (χ4n) is 1.56. The predicted molar refractivity (Wildman–Crippen MR) is 67.7 cm³/mol. The largest absolute Gasteiger partial charge is 0.378 e. The third-order valence-electron chi connectivity index (χ3n) is 2.41. The quantitative estimate of drug-likeness (QED) is 0.868. The van der Waals surface area contributed by atoms with Crippen LogP contribution in [0.15, 0.2) is 48.8 Å². The Morgan fingerprint density at radius 2 is 1.94 bits per heavy atom. The van der Waals surface area contributed by atoms with E-state index in [-0.39, 0.29) is 6.04 Å². The lowest BCUT2D eigenvalue weighted by molar-refractivity contribution is 0.881. The molecular formula is C13H13ClN2. The summed E-state index contributed by atoms with van der Waals surface area (Å²) in [4.78, 5) is 4.00. The number of benzene rings is 1. The zero-order chi connectivity index (χ0) is 11.4. The second-order valence-corrected chi connectivity index (χ2v) is 4.09. The zero-order valence-corrected chi connectivity index (χ0v) is 9.78. The van der Waals surface area contributed by atoms with Gasteiger partial charge in [0.1, 0.15) is 0 Å². The van der Waals surface area contributed by atoms with Gasteiger partial charge in [0.25, 0.3) is 0 Å². The van der Waals surface area contributed by atoms with E-state index in [4.69, 9.17) is 11.6 Å². The number of nitrogens with zero attached hydrogens (tertiary/aromatic N) is 1. The van der Waals surface area contributed by atoms with E-state index in [0.717, 1.165) is 10.7 Å². The van der Waals surface area contributed by atoms with Crippen molar-refractivity contribution in [3.63, 3.8) is 0 Å². The highest BCUT2D eigenvalue weighted by Gasteiger charge is 2.04. The van der Waals surface area contributed by atoms with Crippen LogP contribution >= 0.6 is 11.6 Å². The van der Waals surface area contributed by atoms with E-state index >= 15 is 0 Å². The molecule has 0 saturated carbocycles. The van der Waals surface area contributed by atoms with E-state index in [0.29, 0.717) is 0 Å². The molecule has 1 aromatic carbocycles. The van der Waals surface area contributed by atoms with E-state index in [2.05, 4.69) is 17.2 Å². The summed E-state index contributed by atoms with van der Waals surface area (Å²) in [5, 5.41) is 4.13. The molecule has 16 heavy (non-hydrogen) atoms. The Labute approximate surface area is 100 Å². The summed E-state index contributed by atoms with van der Waals surface area (Å²) in [6, 6.07) is 12.0. The van der Waals surface area contributed by atoms with Crippen LogP contribution in [0.3, 0.4) is 0 Å². The molecule has 0 spiro atoms. The van der Waals surface area contributed by atoms with Gasteiger partial charge in [0, 0.05) is 29.1 Å². The average Bonchev–Trinajstić information content (AvgIpc) is 2.30. The van der Waals surface area contributed by atoms with Crippen molar-refractivity contribution in [2.45, 2.75) is 13.0 Å². The second-order valence-electron chi connectivity index (χ2n) is 3.66. The summed E-state index contributed by atoms with van der Waals surface area (Å²) >= 11 is 5.92. The van der Waals surface area contributed by atoms with Crippen LogP contribution in [0.1, 0.15) is 18.5 Å². The van der Waals surface area contributed by atoms with Crippen LogP contribution in [0.25, 0.3) is 0 Å².